The molecule has 0 spiro atoms. The maximum Gasteiger partial charge on any atom is 0.337 e. The second-order valence-electron chi connectivity index (χ2n) is 3.67. The Labute approximate surface area is 116 Å². The summed E-state index contributed by atoms with van der Waals surface area (Å²) >= 11 is 0.959. The average Bonchev–Trinajstić information content (AvgIpc) is 2.41. The molecule has 0 unspecified atom stereocenters. The van der Waals surface area contributed by atoms with E-state index in [-0.39, 0.29) is 10.6 Å². The van der Waals surface area contributed by atoms with E-state index in [0.717, 1.165) is 24.0 Å². The van der Waals surface area contributed by atoms with Crippen molar-refractivity contribution in [2.45, 2.75) is 9.92 Å². The fourth-order valence-electron chi connectivity index (χ4n) is 1.38. The van der Waals surface area contributed by atoms with E-state index in [0.29, 0.717) is 4.90 Å². The highest BCUT2D eigenvalue weighted by atomic mass is 32.2. The van der Waals surface area contributed by atoms with Crippen LogP contribution in [0.5, 0.6) is 0 Å². The van der Waals surface area contributed by atoms with E-state index in [1.165, 1.54) is 24.3 Å². The summed E-state index contributed by atoms with van der Waals surface area (Å²) in [5, 5.41) is 19.8. The van der Waals surface area contributed by atoms with Crippen molar-refractivity contribution in [3.8, 4) is 0 Å². The van der Waals surface area contributed by atoms with Crippen LogP contribution in [0.1, 0.15) is 10.4 Å². The van der Waals surface area contributed by atoms with Gasteiger partial charge in [-0.15, -0.1) is 0 Å². The minimum absolute atomic E-state index is 0.0478. The summed E-state index contributed by atoms with van der Waals surface area (Å²) in [5.41, 5.74) is -0.667. The van der Waals surface area contributed by atoms with Gasteiger partial charge in [-0.1, -0.05) is 11.8 Å². The first-order chi connectivity index (χ1) is 9.47. The second-order valence-corrected chi connectivity index (χ2v) is 4.73. The van der Waals surface area contributed by atoms with E-state index in [2.05, 4.69) is 4.98 Å². The number of aromatic nitrogens is 1. The van der Waals surface area contributed by atoms with Crippen LogP contribution in [0.15, 0.2) is 46.5 Å². The Balaban J connectivity index is 2.38. The number of halogens is 1. The molecule has 1 aromatic heterocycles. The van der Waals surface area contributed by atoms with Crippen molar-refractivity contribution in [1.82, 2.24) is 4.98 Å². The van der Waals surface area contributed by atoms with Crippen molar-refractivity contribution < 1.29 is 19.2 Å². The number of rotatable bonds is 4. The third kappa shape index (κ3) is 3.09. The van der Waals surface area contributed by atoms with Gasteiger partial charge in [-0.25, -0.2) is 14.2 Å². The number of nitrogens with zero attached hydrogens (tertiary/aromatic N) is 2. The van der Waals surface area contributed by atoms with Gasteiger partial charge in [0.1, 0.15) is 5.82 Å². The average molecular weight is 294 g/mol. The van der Waals surface area contributed by atoms with Crippen LogP contribution in [0.4, 0.5) is 10.1 Å². The molecule has 0 bridgehead atoms. The number of benzene rings is 1. The van der Waals surface area contributed by atoms with Crippen LogP contribution in [0.3, 0.4) is 0 Å². The van der Waals surface area contributed by atoms with Crippen molar-refractivity contribution in [3.63, 3.8) is 0 Å². The summed E-state index contributed by atoms with van der Waals surface area (Å²) in [7, 11) is 0. The van der Waals surface area contributed by atoms with Gasteiger partial charge in [-0.05, 0) is 24.3 Å². The molecule has 0 aliphatic carbocycles. The summed E-state index contributed by atoms with van der Waals surface area (Å²) in [4.78, 5) is 25.4. The molecule has 2 aromatic rings. The third-order valence-electron chi connectivity index (χ3n) is 2.30. The Morgan fingerprint density at radius 1 is 1.35 bits per heavy atom. The lowest BCUT2D eigenvalue weighted by Crippen LogP contribution is -2.01. The van der Waals surface area contributed by atoms with Crippen LogP contribution < -0.4 is 0 Å². The Morgan fingerprint density at radius 2 is 2.00 bits per heavy atom. The summed E-state index contributed by atoms with van der Waals surface area (Å²) < 4.78 is 12.8. The maximum atomic E-state index is 12.8. The van der Waals surface area contributed by atoms with Gasteiger partial charge in [-0.3, -0.25) is 10.1 Å². The minimum Gasteiger partial charge on any atom is -0.478 e. The number of aromatic carboxylic acids is 1. The van der Waals surface area contributed by atoms with Gasteiger partial charge in [-0.2, -0.15) is 0 Å². The quantitative estimate of drug-likeness (QED) is 0.688. The number of carboxylic acids is 1. The molecule has 0 fully saturated rings. The standard InChI is InChI=1S/C12H7FN2O4S/c13-8-1-3-9(4-2-8)20-11-10(15(18)19)5-7(6-14-11)12(16)17/h1-6H,(H,16,17). The monoisotopic (exact) mass is 294 g/mol. The molecule has 0 aliphatic heterocycles. The normalized spacial score (nSPS) is 10.2. The first-order valence-corrected chi connectivity index (χ1v) is 6.10. The number of hydrogen-bond donors (Lipinski definition) is 1. The molecule has 8 heteroatoms. The molecular formula is C12H7FN2O4S. The first kappa shape index (κ1) is 13.9. The highest BCUT2D eigenvalue weighted by Gasteiger charge is 2.19. The summed E-state index contributed by atoms with van der Waals surface area (Å²) in [5.74, 6) is -1.71. The van der Waals surface area contributed by atoms with Gasteiger partial charge in [0, 0.05) is 17.2 Å². The Bertz CT molecular complexity index is 676. The fourth-order valence-corrected chi connectivity index (χ4v) is 2.22. The van der Waals surface area contributed by atoms with Crippen molar-refractivity contribution in [1.29, 1.82) is 0 Å². The summed E-state index contributed by atoms with van der Waals surface area (Å²) in [6.45, 7) is 0. The molecule has 6 nitrogen and oxygen atoms in total. The van der Waals surface area contributed by atoms with Crippen LogP contribution >= 0.6 is 11.8 Å². The molecule has 1 heterocycles. The smallest absolute Gasteiger partial charge is 0.337 e. The van der Waals surface area contributed by atoms with Gasteiger partial charge in [0.2, 0.25) is 0 Å². The van der Waals surface area contributed by atoms with Crippen molar-refractivity contribution in [3.05, 3.63) is 58.0 Å². The van der Waals surface area contributed by atoms with Gasteiger partial charge in [0.25, 0.3) is 0 Å². The Kier molecular flexibility index (Phi) is 3.94. The summed E-state index contributed by atoms with van der Waals surface area (Å²) in [6.07, 6.45) is 1.04. The third-order valence-corrected chi connectivity index (χ3v) is 3.32. The number of carbonyl (C=O) groups is 1. The summed E-state index contributed by atoms with van der Waals surface area (Å²) in [6, 6.07) is 6.30. The Morgan fingerprint density at radius 3 is 2.55 bits per heavy atom. The molecule has 0 aliphatic rings. The topological polar surface area (TPSA) is 93.3 Å². The Hall–Kier alpha value is -2.48. The molecule has 102 valence electrons. The largest absolute Gasteiger partial charge is 0.478 e. The molecule has 0 atom stereocenters. The van der Waals surface area contributed by atoms with Gasteiger partial charge in [0.05, 0.1) is 10.5 Å². The van der Waals surface area contributed by atoms with E-state index in [4.69, 9.17) is 5.11 Å². The van der Waals surface area contributed by atoms with Crippen LogP contribution in [-0.4, -0.2) is 21.0 Å². The van der Waals surface area contributed by atoms with E-state index < -0.39 is 22.4 Å². The van der Waals surface area contributed by atoms with Crippen LogP contribution in [0.25, 0.3) is 0 Å². The molecular weight excluding hydrogens is 287 g/mol. The molecule has 20 heavy (non-hydrogen) atoms. The molecule has 2 rings (SSSR count). The van der Waals surface area contributed by atoms with Crippen LogP contribution in [0, 0.1) is 15.9 Å². The molecule has 1 aromatic carbocycles. The SMILES string of the molecule is O=C(O)c1cnc(Sc2ccc(F)cc2)c([N+](=O)[O-])c1. The predicted octanol–water partition coefficient (Wildman–Crippen LogP) is 2.98. The fraction of sp³-hybridized carbons (Fsp3) is 0. The van der Waals surface area contributed by atoms with Crippen molar-refractivity contribution in [2.24, 2.45) is 0 Å². The highest BCUT2D eigenvalue weighted by molar-refractivity contribution is 7.99. The van der Waals surface area contributed by atoms with Gasteiger partial charge < -0.3 is 5.11 Å². The molecule has 0 saturated heterocycles. The van der Waals surface area contributed by atoms with Crippen molar-refractivity contribution >= 4 is 23.4 Å². The molecule has 0 saturated carbocycles. The van der Waals surface area contributed by atoms with E-state index in [1.807, 2.05) is 0 Å². The van der Waals surface area contributed by atoms with Gasteiger partial charge in [0.15, 0.2) is 5.03 Å². The second kappa shape index (κ2) is 5.66. The molecule has 0 radical (unpaired) electrons. The lowest BCUT2D eigenvalue weighted by atomic mass is 10.3. The minimum atomic E-state index is -1.29. The lowest BCUT2D eigenvalue weighted by Gasteiger charge is -2.03. The number of hydrogen-bond acceptors (Lipinski definition) is 5. The van der Waals surface area contributed by atoms with E-state index in [9.17, 15) is 19.3 Å². The molecule has 0 amide bonds. The first-order valence-electron chi connectivity index (χ1n) is 5.28. The number of pyridine rings is 1. The lowest BCUT2D eigenvalue weighted by molar-refractivity contribution is -0.388. The van der Waals surface area contributed by atoms with Crippen molar-refractivity contribution in [2.75, 3.05) is 0 Å². The zero-order valence-corrected chi connectivity index (χ0v) is 10.6. The van der Waals surface area contributed by atoms with E-state index >= 15 is 0 Å². The maximum absolute atomic E-state index is 12.8. The zero-order valence-electron chi connectivity index (χ0n) is 9.82. The van der Waals surface area contributed by atoms with Crippen LogP contribution in [0.2, 0.25) is 0 Å². The predicted molar refractivity (Wildman–Crippen MR) is 68.4 cm³/mol. The van der Waals surface area contributed by atoms with Gasteiger partial charge >= 0.3 is 11.7 Å². The number of nitro groups is 1. The molecule has 1 N–H and O–H groups in total. The van der Waals surface area contributed by atoms with E-state index in [1.54, 1.807) is 0 Å². The highest BCUT2D eigenvalue weighted by Crippen LogP contribution is 2.33. The van der Waals surface area contributed by atoms with Crippen LogP contribution in [-0.2, 0) is 0 Å². The zero-order chi connectivity index (χ0) is 14.7. The number of carboxylic acid groups (broad SMARTS) is 1.